The molecule has 1 fully saturated rings. The summed E-state index contributed by atoms with van der Waals surface area (Å²) < 4.78 is 16.0. The van der Waals surface area contributed by atoms with E-state index in [1.165, 1.54) is 7.11 Å². The zero-order valence-corrected chi connectivity index (χ0v) is 15.0. The topological polar surface area (TPSA) is 77.1 Å². The first kappa shape index (κ1) is 19.1. The monoisotopic (exact) mass is 350 g/mol. The van der Waals surface area contributed by atoms with Crippen molar-refractivity contribution in [2.75, 3.05) is 40.0 Å². The Morgan fingerprint density at radius 3 is 2.44 bits per heavy atom. The van der Waals surface area contributed by atoms with Gasteiger partial charge in [0.25, 0.3) is 5.91 Å². The highest BCUT2D eigenvalue weighted by Gasteiger charge is 2.29. The Morgan fingerprint density at radius 2 is 1.84 bits per heavy atom. The molecule has 0 bridgehead atoms. The summed E-state index contributed by atoms with van der Waals surface area (Å²) >= 11 is 0. The molecular weight excluding hydrogens is 324 g/mol. The van der Waals surface area contributed by atoms with Crippen LogP contribution in [0.3, 0.4) is 0 Å². The summed E-state index contributed by atoms with van der Waals surface area (Å²) in [5, 5.41) is 2.78. The number of methoxy groups -OCH3 is 1. The van der Waals surface area contributed by atoms with Gasteiger partial charge in [0.15, 0.2) is 18.1 Å². The van der Waals surface area contributed by atoms with Crippen LogP contribution in [0.1, 0.15) is 13.8 Å². The molecule has 1 aromatic carbocycles. The molecule has 2 rings (SSSR count). The highest BCUT2D eigenvalue weighted by molar-refractivity contribution is 5.88. The van der Waals surface area contributed by atoms with Gasteiger partial charge in [-0.25, -0.2) is 0 Å². The molecule has 0 unspecified atom stereocenters. The van der Waals surface area contributed by atoms with Gasteiger partial charge in [-0.2, -0.15) is 0 Å². The minimum absolute atomic E-state index is 0.0226. The fourth-order valence-electron chi connectivity index (χ4n) is 2.59. The molecule has 0 aromatic heterocycles. The smallest absolute Gasteiger partial charge is 0.258 e. The molecule has 0 aliphatic carbocycles. The van der Waals surface area contributed by atoms with Crippen molar-refractivity contribution in [1.82, 2.24) is 10.2 Å². The highest BCUT2D eigenvalue weighted by Crippen LogP contribution is 2.25. The molecule has 0 radical (unpaired) electrons. The highest BCUT2D eigenvalue weighted by atomic mass is 16.5. The lowest BCUT2D eigenvalue weighted by molar-refractivity contribution is -0.141. The molecule has 25 heavy (non-hydrogen) atoms. The van der Waals surface area contributed by atoms with Gasteiger partial charge in [-0.3, -0.25) is 9.59 Å². The summed E-state index contributed by atoms with van der Waals surface area (Å²) in [6.45, 7) is 5.79. The Hall–Kier alpha value is -2.28. The van der Waals surface area contributed by atoms with Crippen molar-refractivity contribution in [2.24, 2.45) is 5.92 Å². The number of hydrogen-bond donors (Lipinski definition) is 1. The van der Waals surface area contributed by atoms with Crippen LogP contribution in [0.4, 0.5) is 0 Å². The largest absolute Gasteiger partial charge is 0.493 e. The fourth-order valence-corrected chi connectivity index (χ4v) is 2.59. The van der Waals surface area contributed by atoms with Crippen molar-refractivity contribution in [3.8, 4) is 11.5 Å². The first-order chi connectivity index (χ1) is 12.0. The predicted molar refractivity (Wildman–Crippen MR) is 92.7 cm³/mol. The Morgan fingerprint density at radius 1 is 1.20 bits per heavy atom. The molecule has 1 atom stereocenters. The van der Waals surface area contributed by atoms with Crippen LogP contribution in [0.15, 0.2) is 24.3 Å². The van der Waals surface area contributed by atoms with Crippen LogP contribution in [0.2, 0.25) is 0 Å². The fraction of sp³-hybridized carbons (Fsp3) is 0.556. The molecule has 1 saturated heterocycles. The van der Waals surface area contributed by atoms with Gasteiger partial charge in [0.1, 0.15) is 6.04 Å². The second-order valence-electron chi connectivity index (χ2n) is 6.17. The van der Waals surface area contributed by atoms with E-state index in [0.29, 0.717) is 37.8 Å². The molecule has 2 amide bonds. The zero-order chi connectivity index (χ0) is 18.2. The van der Waals surface area contributed by atoms with E-state index in [1.54, 1.807) is 23.1 Å². The third kappa shape index (κ3) is 5.35. The lowest BCUT2D eigenvalue weighted by Gasteiger charge is -2.32. The number of morpholine rings is 1. The number of carbonyl (C=O) groups is 2. The zero-order valence-electron chi connectivity index (χ0n) is 15.0. The van der Waals surface area contributed by atoms with Crippen LogP contribution < -0.4 is 14.8 Å². The second-order valence-corrected chi connectivity index (χ2v) is 6.17. The molecular formula is C18H26N2O5. The van der Waals surface area contributed by atoms with Gasteiger partial charge in [0.05, 0.1) is 20.3 Å². The lowest BCUT2D eigenvalue weighted by Crippen LogP contribution is -2.54. The summed E-state index contributed by atoms with van der Waals surface area (Å²) in [4.78, 5) is 26.6. The van der Waals surface area contributed by atoms with Crippen molar-refractivity contribution >= 4 is 11.8 Å². The quantitative estimate of drug-likeness (QED) is 0.796. The number of ether oxygens (including phenoxy) is 3. The molecule has 1 aromatic rings. The van der Waals surface area contributed by atoms with Crippen LogP contribution in [0.5, 0.6) is 11.5 Å². The molecule has 7 heteroatoms. The summed E-state index contributed by atoms with van der Waals surface area (Å²) in [7, 11) is 1.54. The molecule has 0 spiro atoms. The van der Waals surface area contributed by atoms with Crippen molar-refractivity contribution in [1.29, 1.82) is 0 Å². The number of benzene rings is 1. The van der Waals surface area contributed by atoms with Crippen molar-refractivity contribution < 1.29 is 23.8 Å². The third-order valence-electron chi connectivity index (χ3n) is 4.00. The number of carbonyl (C=O) groups excluding carboxylic acids is 2. The van der Waals surface area contributed by atoms with E-state index in [1.807, 2.05) is 19.9 Å². The number of rotatable bonds is 7. The van der Waals surface area contributed by atoms with Gasteiger partial charge >= 0.3 is 0 Å². The van der Waals surface area contributed by atoms with Crippen LogP contribution in [-0.4, -0.2) is 62.8 Å². The van der Waals surface area contributed by atoms with Gasteiger partial charge in [0.2, 0.25) is 5.91 Å². The average Bonchev–Trinajstić information content (AvgIpc) is 2.64. The normalized spacial score (nSPS) is 15.6. The van der Waals surface area contributed by atoms with E-state index < -0.39 is 6.04 Å². The van der Waals surface area contributed by atoms with Crippen LogP contribution in [-0.2, 0) is 14.3 Å². The van der Waals surface area contributed by atoms with Crippen LogP contribution >= 0.6 is 0 Å². The van der Waals surface area contributed by atoms with E-state index in [9.17, 15) is 9.59 Å². The van der Waals surface area contributed by atoms with Crippen molar-refractivity contribution in [3.05, 3.63) is 24.3 Å². The number of nitrogens with zero attached hydrogens (tertiary/aromatic N) is 1. The van der Waals surface area contributed by atoms with Crippen LogP contribution in [0, 0.1) is 5.92 Å². The number of hydrogen-bond acceptors (Lipinski definition) is 5. The van der Waals surface area contributed by atoms with E-state index in [2.05, 4.69) is 5.32 Å². The maximum atomic E-state index is 12.6. The second kappa shape index (κ2) is 9.27. The molecule has 7 nitrogen and oxygen atoms in total. The Labute approximate surface area is 148 Å². The molecule has 0 saturated carbocycles. The number of nitrogens with one attached hydrogen (secondary N) is 1. The molecule has 1 N–H and O–H groups in total. The van der Waals surface area contributed by atoms with Gasteiger partial charge in [-0.1, -0.05) is 26.0 Å². The minimum Gasteiger partial charge on any atom is -0.493 e. The first-order valence-electron chi connectivity index (χ1n) is 8.44. The summed E-state index contributed by atoms with van der Waals surface area (Å²) in [5.41, 5.74) is 0. The van der Waals surface area contributed by atoms with Gasteiger partial charge < -0.3 is 24.4 Å². The first-order valence-corrected chi connectivity index (χ1v) is 8.44. The maximum absolute atomic E-state index is 12.6. The van der Waals surface area contributed by atoms with Crippen molar-refractivity contribution in [2.45, 2.75) is 19.9 Å². The predicted octanol–water partition coefficient (Wildman–Crippen LogP) is 1.07. The molecule has 138 valence electrons. The summed E-state index contributed by atoms with van der Waals surface area (Å²) in [6.07, 6.45) is 0. The molecule has 1 aliphatic heterocycles. The van der Waals surface area contributed by atoms with E-state index in [4.69, 9.17) is 14.2 Å². The van der Waals surface area contributed by atoms with Gasteiger partial charge in [0, 0.05) is 13.1 Å². The van der Waals surface area contributed by atoms with Crippen molar-refractivity contribution in [3.63, 3.8) is 0 Å². The SMILES string of the molecule is COc1ccccc1OCC(=O)N[C@H](C(=O)N1CCOCC1)C(C)C. The Balaban J connectivity index is 1.92. The standard InChI is InChI=1S/C18H26N2O5/c1-13(2)17(18(22)20-8-10-24-11-9-20)19-16(21)12-25-15-7-5-4-6-14(15)23-3/h4-7,13,17H,8-12H2,1-3H3,(H,19,21)/t17-/m0/s1. The number of para-hydroxylation sites is 2. The van der Waals surface area contributed by atoms with E-state index in [-0.39, 0.29) is 24.3 Å². The number of amides is 2. The van der Waals surface area contributed by atoms with Gasteiger partial charge in [-0.15, -0.1) is 0 Å². The lowest BCUT2D eigenvalue weighted by atomic mass is 10.0. The molecule has 1 aliphatic rings. The van der Waals surface area contributed by atoms with Gasteiger partial charge in [-0.05, 0) is 18.1 Å². The average molecular weight is 350 g/mol. The van der Waals surface area contributed by atoms with E-state index >= 15 is 0 Å². The van der Waals surface area contributed by atoms with E-state index in [0.717, 1.165) is 0 Å². The summed E-state index contributed by atoms with van der Waals surface area (Å²) in [5.74, 6) is 0.599. The maximum Gasteiger partial charge on any atom is 0.258 e. The third-order valence-corrected chi connectivity index (χ3v) is 4.00. The summed E-state index contributed by atoms with van der Waals surface area (Å²) in [6, 6.07) is 6.53. The molecule has 1 heterocycles. The Bertz CT molecular complexity index is 585. The minimum atomic E-state index is -0.577. The Kier molecular flexibility index (Phi) is 7.06. The van der Waals surface area contributed by atoms with Crippen LogP contribution in [0.25, 0.3) is 0 Å².